The summed E-state index contributed by atoms with van der Waals surface area (Å²) in [6, 6.07) is 0.637. The minimum Gasteiger partial charge on any atom is -0.496 e. The highest BCUT2D eigenvalue weighted by Gasteiger charge is 2.25. The van der Waals surface area contributed by atoms with Gasteiger partial charge in [-0.2, -0.15) is 0 Å². The van der Waals surface area contributed by atoms with Gasteiger partial charge in [0.05, 0.1) is 12.8 Å². The molecule has 1 fully saturated rings. The third-order valence-corrected chi connectivity index (χ3v) is 4.04. The summed E-state index contributed by atoms with van der Waals surface area (Å²) in [6.07, 6.45) is 4.49. The third-order valence-electron chi connectivity index (χ3n) is 4.04. The molecule has 4 nitrogen and oxygen atoms in total. The van der Waals surface area contributed by atoms with Crippen LogP contribution in [-0.4, -0.2) is 43.2 Å². The van der Waals surface area contributed by atoms with Crippen molar-refractivity contribution in [2.75, 3.05) is 27.2 Å². The largest absolute Gasteiger partial charge is 0.496 e. The smallest absolute Gasteiger partial charge is 0.128 e. The summed E-state index contributed by atoms with van der Waals surface area (Å²) in [6.45, 7) is 7.31. The van der Waals surface area contributed by atoms with E-state index in [9.17, 15) is 0 Å². The van der Waals surface area contributed by atoms with Gasteiger partial charge in [0.15, 0.2) is 0 Å². The van der Waals surface area contributed by atoms with E-state index in [-0.39, 0.29) is 24.8 Å². The molecular formula is C15H27Cl2N3O. The Kier molecular flexibility index (Phi) is 9.22. The number of methoxy groups -OCH3 is 1. The van der Waals surface area contributed by atoms with Gasteiger partial charge in [0.2, 0.25) is 0 Å². The normalized spacial score (nSPS) is 18.0. The molecule has 1 aliphatic rings. The van der Waals surface area contributed by atoms with Gasteiger partial charge in [0, 0.05) is 36.5 Å². The van der Waals surface area contributed by atoms with Gasteiger partial charge >= 0.3 is 0 Å². The van der Waals surface area contributed by atoms with Crippen LogP contribution in [0.4, 0.5) is 0 Å². The molecule has 0 amide bonds. The van der Waals surface area contributed by atoms with E-state index in [1.807, 2.05) is 20.2 Å². The van der Waals surface area contributed by atoms with Crippen LogP contribution < -0.4 is 10.1 Å². The molecule has 0 aromatic carbocycles. The van der Waals surface area contributed by atoms with Crippen LogP contribution in [0.5, 0.6) is 5.75 Å². The monoisotopic (exact) mass is 335 g/mol. The predicted molar refractivity (Wildman–Crippen MR) is 92.1 cm³/mol. The molecule has 1 aromatic heterocycles. The standard InChI is InChI=1S/C15H25N3O.2ClH/c1-11-8-17-14(12(2)15(11)19-4)10-18-7-5-6-13(18)9-16-3;;/h8,13,16H,5-7,9-10H2,1-4H3;2*1H. The molecule has 1 unspecified atom stereocenters. The zero-order valence-electron chi connectivity index (χ0n) is 13.3. The molecule has 122 valence electrons. The fourth-order valence-electron chi connectivity index (χ4n) is 2.99. The van der Waals surface area contributed by atoms with Crippen molar-refractivity contribution in [1.82, 2.24) is 15.2 Å². The van der Waals surface area contributed by atoms with Gasteiger partial charge < -0.3 is 10.1 Å². The first-order chi connectivity index (χ1) is 9.17. The van der Waals surface area contributed by atoms with E-state index in [4.69, 9.17) is 4.74 Å². The Morgan fingerprint density at radius 3 is 2.71 bits per heavy atom. The van der Waals surface area contributed by atoms with Crippen LogP contribution in [0.1, 0.15) is 29.7 Å². The SMILES string of the molecule is CNCC1CCCN1Cc1ncc(C)c(OC)c1C.Cl.Cl. The number of likely N-dealkylation sites (N-methyl/N-ethyl adjacent to an activating group) is 1. The van der Waals surface area contributed by atoms with Crippen molar-refractivity contribution >= 4 is 24.8 Å². The Balaban J connectivity index is 0.00000200. The number of hydrogen-bond acceptors (Lipinski definition) is 4. The first kappa shape index (κ1) is 20.5. The summed E-state index contributed by atoms with van der Waals surface area (Å²) >= 11 is 0. The number of hydrogen-bond donors (Lipinski definition) is 1. The summed E-state index contributed by atoms with van der Waals surface area (Å²) in [5, 5.41) is 3.28. The Morgan fingerprint density at radius 2 is 2.10 bits per heavy atom. The average molecular weight is 336 g/mol. The van der Waals surface area contributed by atoms with Crippen LogP contribution in [0.15, 0.2) is 6.20 Å². The fourth-order valence-corrected chi connectivity index (χ4v) is 2.99. The summed E-state index contributed by atoms with van der Waals surface area (Å²) in [7, 11) is 3.76. The van der Waals surface area contributed by atoms with E-state index < -0.39 is 0 Å². The molecule has 6 heteroatoms. The van der Waals surface area contributed by atoms with E-state index in [0.717, 1.165) is 30.1 Å². The van der Waals surface area contributed by atoms with Gasteiger partial charge in [0.1, 0.15) is 5.75 Å². The van der Waals surface area contributed by atoms with Crippen LogP contribution in [-0.2, 0) is 6.54 Å². The maximum absolute atomic E-state index is 5.48. The molecule has 0 aliphatic carbocycles. The number of aromatic nitrogens is 1. The quantitative estimate of drug-likeness (QED) is 0.897. The topological polar surface area (TPSA) is 37.4 Å². The lowest BCUT2D eigenvalue weighted by Crippen LogP contribution is -2.36. The Labute approximate surface area is 140 Å². The number of ether oxygens (including phenoxy) is 1. The molecule has 1 saturated heterocycles. The van der Waals surface area contributed by atoms with Gasteiger partial charge in [-0.3, -0.25) is 9.88 Å². The predicted octanol–water partition coefficient (Wildman–Crippen LogP) is 2.73. The lowest BCUT2D eigenvalue weighted by molar-refractivity contribution is 0.238. The van der Waals surface area contributed by atoms with Crippen LogP contribution in [0, 0.1) is 13.8 Å². The number of nitrogens with one attached hydrogen (secondary N) is 1. The van der Waals surface area contributed by atoms with Crippen molar-refractivity contribution in [3.63, 3.8) is 0 Å². The van der Waals surface area contributed by atoms with Crippen molar-refractivity contribution in [3.05, 3.63) is 23.0 Å². The van der Waals surface area contributed by atoms with Gasteiger partial charge in [-0.15, -0.1) is 24.8 Å². The molecule has 2 heterocycles. The van der Waals surface area contributed by atoms with Crippen molar-refractivity contribution in [2.24, 2.45) is 0 Å². The highest BCUT2D eigenvalue weighted by molar-refractivity contribution is 5.85. The zero-order chi connectivity index (χ0) is 13.8. The maximum atomic E-state index is 5.48. The third kappa shape index (κ3) is 4.71. The number of pyridine rings is 1. The number of nitrogens with zero attached hydrogens (tertiary/aromatic N) is 2. The van der Waals surface area contributed by atoms with Crippen molar-refractivity contribution in [2.45, 2.75) is 39.3 Å². The summed E-state index contributed by atoms with van der Waals surface area (Å²) in [5.41, 5.74) is 3.43. The molecule has 1 atom stereocenters. The Hall–Kier alpha value is -0.550. The molecular weight excluding hydrogens is 309 g/mol. The van der Waals surface area contributed by atoms with Crippen molar-refractivity contribution in [3.8, 4) is 5.75 Å². The van der Waals surface area contributed by atoms with Gasteiger partial charge in [-0.05, 0) is 40.3 Å². The van der Waals surface area contributed by atoms with Crippen LogP contribution in [0.3, 0.4) is 0 Å². The van der Waals surface area contributed by atoms with Crippen molar-refractivity contribution in [1.29, 1.82) is 0 Å². The second-order valence-corrected chi connectivity index (χ2v) is 5.37. The molecule has 0 spiro atoms. The lowest BCUT2D eigenvalue weighted by atomic mass is 10.1. The van der Waals surface area contributed by atoms with E-state index in [0.29, 0.717) is 6.04 Å². The number of rotatable bonds is 5. The van der Waals surface area contributed by atoms with Gasteiger partial charge in [0.25, 0.3) is 0 Å². The minimum absolute atomic E-state index is 0. The Bertz CT molecular complexity index is 443. The van der Waals surface area contributed by atoms with Crippen LogP contribution in [0.25, 0.3) is 0 Å². The van der Waals surface area contributed by atoms with E-state index >= 15 is 0 Å². The first-order valence-electron chi connectivity index (χ1n) is 7.05. The summed E-state index contributed by atoms with van der Waals surface area (Å²) in [5.74, 6) is 0.981. The van der Waals surface area contributed by atoms with E-state index in [2.05, 4.69) is 22.1 Å². The first-order valence-corrected chi connectivity index (χ1v) is 7.05. The molecule has 1 N–H and O–H groups in total. The van der Waals surface area contributed by atoms with Gasteiger partial charge in [-0.25, -0.2) is 0 Å². The highest BCUT2D eigenvalue weighted by atomic mass is 35.5. The van der Waals surface area contributed by atoms with Crippen LogP contribution >= 0.6 is 24.8 Å². The molecule has 0 bridgehead atoms. The highest BCUT2D eigenvalue weighted by Crippen LogP contribution is 2.26. The second-order valence-electron chi connectivity index (χ2n) is 5.37. The number of likely N-dealkylation sites (tertiary alicyclic amines) is 1. The van der Waals surface area contributed by atoms with Crippen molar-refractivity contribution < 1.29 is 4.74 Å². The lowest BCUT2D eigenvalue weighted by Gasteiger charge is -2.25. The number of halogens is 2. The number of aryl methyl sites for hydroxylation is 1. The summed E-state index contributed by atoms with van der Waals surface area (Å²) < 4.78 is 5.48. The second kappa shape index (κ2) is 9.46. The van der Waals surface area contributed by atoms with Crippen LogP contribution in [0.2, 0.25) is 0 Å². The molecule has 2 rings (SSSR count). The van der Waals surface area contributed by atoms with E-state index in [1.165, 1.54) is 24.9 Å². The molecule has 0 radical (unpaired) electrons. The molecule has 0 saturated carbocycles. The fraction of sp³-hybridized carbons (Fsp3) is 0.667. The zero-order valence-corrected chi connectivity index (χ0v) is 14.9. The molecule has 1 aromatic rings. The average Bonchev–Trinajstić information content (AvgIpc) is 2.81. The molecule has 21 heavy (non-hydrogen) atoms. The van der Waals surface area contributed by atoms with E-state index in [1.54, 1.807) is 7.11 Å². The Morgan fingerprint density at radius 1 is 1.38 bits per heavy atom. The minimum atomic E-state index is 0. The van der Waals surface area contributed by atoms with Gasteiger partial charge in [-0.1, -0.05) is 0 Å². The summed E-state index contributed by atoms with van der Waals surface area (Å²) in [4.78, 5) is 7.13. The maximum Gasteiger partial charge on any atom is 0.128 e. The molecule has 1 aliphatic heterocycles.